The summed E-state index contributed by atoms with van der Waals surface area (Å²) in [4.78, 5) is 44.9. The molecule has 0 saturated heterocycles. The Morgan fingerprint density at radius 1 is 1.03 bits per heavy atom. The summed E-state index contributed by atoms with van der Waals surface area (Å²) in [6.45, 7) is 5.17. The average Bonchev–Trinajstić information content (AvgIpc) is 2.82. The Bertz CT molecular complexity index is 1480. The molecule has 0 bridgehead atoms. The van der Waals surface area contributed by atoms with Crippen molar-refractivity contribution in [2.24, 2.45) is 0 Å². The van der Waals surface area contributed by atoms with Gasteiger partial charge in [-0.2, -0.15) is 0 Å². The zero-order valence-electron chi connectivity index (χ0n) is 19.7. The summed E-state index contributed by atoms with van der Waals surface area (Å²) < 4.78 is 1.34. The highest BCUT2D eigenvalue weighted by Gasteiger charge is 2.22. The van der Waals surface area contributed by atoms with Gasteiger partial charge in [0.25, 0.3) is 5.56 Å². The van der Waals surface area contributed by atoms with Gasteiger partial charge < -0.3 is 5.32 Å². The fraction of sp³-hybridized carbons (Fsp3) is 0.185. The molecule has 4 rings (SSSR count). The van der Waals surface area contributed by atoms with Gasteiger partial charge in [-0.3, -0.25) is 23.9 Å². The highest BCUT2D eigenvalue weighted by Crippen LogP contribution is 2.21. The molecule has 0 saturated carbocycles. The van der Waals surface area contributed by atoms with Gasteiger partial charge in [-0.1, -0.05) is 59.6 Å². The number of hydrogen-bond donors (Lipinski definition) is 1. The monoisotopic (exact) mass is 488 g/mol. The van der Waals surface area contributed by atoms with E-state index in [2.05, 4.69) is 10.3 Å². The first-order valence-corrected chi connectivity index (χ1v) is 11.5. The van der Waals surface area contributed by atoms with E-state index < -0.39 is 11.5 Å². The van der Waals surface area contributed by atoms with Crippen LogP contribution in [0.15, 0.2) is 71.5 Å². The van der Waals surface area contributed by atoms with Crippen LogP contribution in [0.2, 0.25) is 5.02 Å². The topological polar surface area (TPSA) is 84.3 Å². The second kappa shape index (κ2) is 10.1. The van der Waals surface area contributed by atoms with Crippen molar-refractivity contribution in [1.82, 2.24) is 9.55 Å². The molecule has 0 spiro atoms. The summed E-state index contributed by atoms with van der Waals surface area (Å²) in [5.41, 5.74) is 3.85. The van der Waals surface area contributed by atoms with Gasteiger partial charge in [0.1, 0.15) is 6.54 Å². The number of amides is 2. The fourth-order valence-corrected chi connectivity index (χ4v) is 3.92. The maximum Gasteiger partial charge on any atom is 0.294 e. The van der Waals surface area contributed by atoms with Gasteiger partial charge >= 0.3 is 0 Å². The number of para-hydroxylation sites is 2. The molecule has 35 heavy (non-hydrogen) atoms. The number of nitrogens with zero attached hydrogens (tertiary/aromatic N) is 3. The van der Waals surface area contributed by atoms with Crippen molar-refractivity contribution in [3.8, 4) is 0 Å². The Kier molecular flexibility index (Phi) is 6.98. The molecule has 7 nitrogen and oxygen atoms in total. The molecule has 178 valence electrons. The lowest BCUT2D eigenvalue weighted by molar-refractivity contribution is -0.117. The van der Waals surface area contributed by atoms with Crippen molar-refractivity contribution in [3.63, 3.8) is 0 Å². The van der Waals surface area contributed by atoms with Crippen LogP contribution in [-0.4, -0.2) is 21.4 Å². The summed E-state index contributed by atoms with van der Waals surface area (Å²) in [5.74, 6) is -0.749. The molecular weight excluding hydrogens is 464 g/mol. The number of rotatable bonds is 6. The Hall–Kier alpha value is -3.97. The highest BCUT2D eigenvalue weighted by molar-refractivity contribution is 6.31. The minimum Gasteiger partial charge on any atom is -0.324 e. The zero-order chi connectivity index (χ0) is 25.1. The van der Waals surface area contributed by atoms with Gasteiger partial charge in [0.05, 0.1) is 17.6 Å². The number of fused-ring (bicyclic) bond motifs is 1. The van der Waals surface area contributed by atoms with Gasteiger partial charge in [0, 0.05) is 17.6 Å². The molecule has 2 amide bonds. The van der Waals surface area contributed by atoms with Crippen LogP contribution in [0.25, 0.3) is 11.0 Å². The molecule has 1 N–H and O–H groups in total. The van der Waals surface area contributed by atoms with E-state index in [0.29, 0.717) is 21.7 Å². The van der Waals surface area contributed by atoms with Crippen LogP contribution in [0.4, 0.5) is 11.5 Å². The number of benzene rings is 3. The molecule has 0 fully saturated rings. The van der Waals surface area contributed by atoms with E-state index in [9.17, 15) is 14.4 Å². The SMILES string of the molecule is CC(=O)N(Cc1ccc(C)cc1)c1nc2ccccc2n(CC(=O)Nc2ccc(C)c(Cl)c2)c1=O. The Labute approximate surface area is 208 Å². The molecule has 0 atom stereocenters. The number of carbonyl (C=O) groups excluding carboxylic acids is 2. The van der Waals surface area contributed by atoms with E-state index >= 15 is 0 Å². The van der Waals surface area contributed by atoms with Crippen LogP contribution in [0, 0.1) is 13.8 Å². The molecule has 0 aliphatic carbocycles. The molecule has 8 heteroatoms. The van der Waals surface area contributed by atoms with Crippen LogP contribution in [0.1, 0.15) is 23.6 Å². The van der Waals surface area contributed by atoms with Crippen molar-refractivity contribution in [3.05, 3.63) is 98.8 Å². The minimum atomic E-state index is -0.525. The third kappa shape index (κ3) is 5.41. The summed E-state index contributed by atoms with van der Waals surface area (Å²) in [5, 5.41) is 3.32. The van der Waals surface area contributed by atoms with Crippen LogP contribution < -0.4 is 15.8 Å². The lowest BCUT2D eigenvalue weighted by Crippen LogP contribution is -2.38. The number of carbonyl (C=O) groups is 2. The van der Waals surface area contributed by atoms with Crippen LogP contribution in [0.5, 0.6) is 0 Å². The van der Waals surface area contributed by atoms with E-state index in [-0.39, 0.29) is 24.8 Å². The smallest absolute Gasteiger partial charge is 0.294 e. The maximum absolute atomic E-state index is 13.6. The Balaban J connectivity index is 1.72. The number of aromatic nitrogens is 2. The van der Waals surface area contributed by atoms with E-state index in [1.807, 2.05) is 38.1 Å². The second-order valence-corrected chi connectivity index (χ2v) is 8.83. The van der Waals surface area contributed by atoms with Crippen molar-refractivity contribution in [2.75, 3.05) is 10.2 Å². The van der Waals surface area contributed by atoms with Gasteiger partial charge in [0.2, 0.25) is 17.6 Å². The van der Waals surface area contributed by atoms with E-state index in [1.165, 1.54) is 16.4 Å². The summed E-state index contributed by atoms with van der Waals surface area (Å²) in [7, 11) is 0. The first kappa shape index (κ1) is 24.2. The molecule has 0 radical (unpaired) electrons. The lowest BCUT2D eigenvalue weighted by atomic mass is 10.1. The average molecular weight is 489 g/mol. The molecular formula is C27H25ClN4O3. The first-order chi connectivity index (χ1) is 16.7. The van der Waals surface area contributed by atoms with Gasteiger partial charge in [-0.25, -0.2) is 4.98 Å². The number of nitrogens with one attached hydrogen (secondary N) is 1. The third-order valence-corrected chi connectivity index (χ3v) is 6.10. The first-order valence-electron chi connectivity index (χ1n) is 11.1. The predicted molar refractivity (Wildman–Crippen MR) is 139 cm³/mol. The van der Waals surface area contributed by atoms with Crippen molar-refractivity contribution in [2.45, 2.75) is 33.9 Å². The largest absolute Gasteiger partial charge is 0.324 e. The molecule has 3 aromatic carbocycles. The quantitative estimate of drug-likeness (QED) is 0.420. The molecule has 0 aliphatic rings. The van der Waals surface area contributed by atoms with Crippen LogP contribution in [0.3, 0.4) is 0 Å². The van der Waals surface area contributed by atoms with Crippen LogP contribution in [-0.2, 0) is 22.7 Å². The Morgan fingerprint density at radius 2 is 1.74 bits per heavy atom. The van der Waals surface area contributed by atoms with Gasteiger partial charge in [0.15, 0.2) is 0 Å². The van der Waals surface area contributed by atoms with Gasteiger partial charge in [-0.15, -0.1) is 0 Å². The van der Waals surface area contributed by atoms with Crippen LogP contribution >= 0.6 is 11.6 Å². The Morgan fingerprint density at radius 3 is 2.43 bits per heavy atom. The van der Waals surface area contributed by atoms with Crippen molar-refractivity contribution >= 4 is 46.0 Å². The lowest BCUT2D eigenvalue weighted by Gasteiger charge is -2.21. The van der Waals surface area contributed by atoms with E-state index in [1.54, 1.807) is 42.5 Å². The normalized spacial score (nSPS) is 10.9. The van der Waals surface area contributed by atoms with Gasteiger partial charge in [-0.05, 0) is 49.2 Å². The third-order valence-electron chi connectivity index (χ3n) is 5.69. The summed E-state index contributed by atoms with van der Waals surface area (Å²) in [6.07, 6.45) is 0. The molecule has 0 unspecified atom stereocenters. The minimum absolute atomic E-state index is 0.0250. The standard InChI is InChI=1S/C27H25ClN4O3/c1-17-8-11-20(12-9-17)15-31(19(3)33)26-27(35)32(24-7-5-4-6-23(24)30-26)16-25(34)29-21-13-10-18(2)22(28)14-21/h4-14H,15-16H2,1-3H3,(H,29,34). The second-order valence-electron chi connectivity index (χ2n) is 8.42. The maximum atomic E-state index is 13.6. The number of halogens is 1. The molecule has 0 aliphatic heterocycles. The van der Waals surface area contributed by atoms with E-state index in [4.69, 9.17) is 11.6 Å². The number of hydrogen-bond acceptors (Lipinski definition) is 4. The predicted octanol–water partition coefficient (Wildman–Crippen LogP) is 4.86. The fourth-order valence-electron chi connectivity index (χ4n) is 3.74. The number of anilines is 2. The van der Waals surface area contributed by atoms with Crippen molar-refractivity contribution in [1.29, 1.82) is 0 Å². The number of aryl methyl sites for hydroxylation is 2. The zero-order valence-corrected chi connectivity index (χ0v) is 20.5. The molecule has 4 aromatic rings. The summed E-state index contributed by atoms with van der Waals surface area (Å²) >= 11 is 6.17. The summed E-state index contributed by atoms with van der Waals surface area (Å²) in [6, 6.07) is 20.0. The van der Waals surface area contributed by atoms with E-state index in [0.717, 1.165) is 16.7 Å². The molecule has 1 aromatic heterocycles. The molecule has 1 heterocycles. The van der Waals surface area contributed by atoms with Crippen molar-refractivity contribution < 1.29 is 9.59 Å². The highest BCUT2D eigenvalue weighted by atomic mass is 35.5.